The third kappa shape index (κ3) is 5.26. The van der Waals surface area contributed by atoms with Crippen molar-refractivity contribution in [1.29, 1.82) is 0 Å². The molecule has 1 aliphatic heterocycles. The number of anilines is 1. The lowest BCUT2D eigenvalue weighted by Crippen LogP contribution is -2.71. The van der Waals surface area contributed by atoms with E-state index >= 15 is 0 Å². The number of benzene rings is 1. The zero-order valence-electron chi connectivity index (χ0n) is 19.3. The molecule has 178 valence electrons. The maximum atomic E-state index is 13.6. The van der Waals surface area contributed by atoms with Gasteiger partial charge in [-0.3, -0.25) is 14.5 Å². The van der Waals surface area contributed by atoms with Crippen molar-refractivity contribution in [2.24, 2.45) is 0 Å². The van der Waals surface area contributed by atoms with E-state index < -0.39 is 21.5 Å². The summed E-state index contributed by atoms with van der Waals surface area (Å²) in [7, 11) is -3.64. The first kappa shape index (κ1) is 24.5. The highest BCUT2D eigenvalue weighted by atomic mass is 32.2. The zero-order chi connectivity index (χ0) is 23.4. The number of rotatable bonds is 8. The Labute approximate surface area is 191 Å². The highest BCUT2D eigenvalue weighted by Crippen LogP contribution is 2.32. The van der Waals surface area contributed by atoms with Crippen LogP contribution in [-0.2, 0) is 19.6 Å². The highest BCUT2D eigenvalue weighted by Gasteiger charge is 2.51. The summed E-state index contributed by atoms with van der Waals surface area (Å²) in [5.74, 6) is -0.116. The number of hydrogen-bond donors (Lipinski definition) is 1. The van der Waals surface area contributed by atoms with Crippen LogP contribution >= 0.6 is 0 Å². The van der Waals surface area contributed by atoms with E-state index in [2.05, 4.69) is 5.32 Å². The number of nitrogens with zero attached hydrogens (tertiary/aromatic N) is 2. The molecular weight excluding hydrogens is 430 g/mol. The van der Waals surface area contributed by atoms with Gasteiger partial charge in [0.1, 0.15) is 11.3 Å². The third-order valence-electron chi connectivity index (χ3n) is 6.23. The number of sulfonamides is 1. The number of piperazine rings is 1. The average Bonchev–Trinajstić information content (AvgIpc) is 2.75. The second-order valence-electron chi connectivity index (χ2n) is 8.82. The molecule has 8 nitrogen and oxygen atoms in total. The Morgan fingerprint density at radius 3 is 2.41 bits per heavy atom. The van der Waals surface area contributed by atoms with Crippen LogP contribution in [0.5, 0.6) is 5.75 Å². The van der Waals surface area contributed by atoms with E-state index in [9.17, 15) is 18.0 Å². The average molecular weight is 466 g/mol. The first-order chi connectivity index (χ1) is 15.2. The quantitative estimate of drug-likeness (QED) is 0.637. The third-order valence-corrected chi connectivity index (χ3v) is 8.20. The minimum absolute atomic E-state index is 0.0491. The molecule has 1 aliphatic carbocycles. The summed E-state index contributed by atoms with van der Waals surface area (Å²) in [6.07, 6.45) is 5.51. The molecule has 2 fully saturated rings. The van der Waals surface area contributed by atoms with Crippen molar-refractivity contribution >= 4 is 27.5 Å². The van der Waals surface area contributed by atoms with Crippen LogP contribution in [0.25, 0.3) is 0 Å². The molecule has 32 heavy (non-hydrogen) atoms. The number of amides is 2. The fourth-order valence-electron chi connectivity index (χ4n) is 4.60. The van der Waals surface area contributed by atoms with Crippen molar-refractivity contribution < 1.29 is 22.7 Å². The van der Waals surface area contributed by atoms with Crippen molar-refractivity contribution in [3.8, 4) is 5.75 Å². The van der Waals surface area contributed by atoms with Gasteiger partial charge in [-0.15, -0.1) is 0 Å². The van der Waals surface area contributed by atoms with Crippen molar-refractivity contribution in [1.82, 2.24) is 9.62 Å². The second kappa shape index (κ2) is 10.2. The Morgan fingerprint density at radius 1 is 1.16 bits per heavy atom. The van der Waals surface area contributed by atoms with E-state index in [1.54, 1.807) is 38.1 Å². The molecule has 1 atom stereocenters. The molecule has 1 heterocycles. The van der Waals surface area contributed by atoms with Crippen molar-refractivity contribution in [2.75, 3.05) is 30.3 Å². The Kier molecular flexibility index (Phi) is 7.82. The van der Waals surface area contributed by atoms with Gasteiger partial charge in [0.05, 0.1) is 18.9 Å². The minimum Gasteiger partial charge on any atom is -0.494 e. The Morgan fingerprint density at radius 2 is 1.81 bits per heavy atom. The smallest absolute Gasteiger partial charge is 0.247 e. The molecular formula is C23H35N3O5S. The molecule has 2 aliphatic rings. The zero-order valence-corrected chi connectivity index (χ0v) is 20.1. The standard InChI is InChI=1S/C23H35N3O5S/c1-4-15-32(29,30)25-16-21(27)26(19-11-13-20(14-12-19)31-5-2)23(3,17-25)22(28)24-18-9-7-6-8-10-18/h11-14,18H,4-10,15-17H2,1-3H3,(H,24,28). The molecule has 1 saturated heterocycles. The van der Waals surface area contributed by atoms with Crippen LogP contribution in [0.2, 0.25) is 0 Å². The van der Waals surface area contributed by atoms with Crippen LogP contribution < -0.4 is 15.0 Å². The van der Waals surface area contributed by atoms with E-state index in [0.29, 0.717) is 24.5 Å². The second-order valence-corrected chi connectivity index (χ2v) is 10.9. The van der Waals surface area contributed by atoms with Crippen LogP contribution in [0.1, 0.15) is 59.3 Å². The van der Waals surface area contributed by atoms with Crippen LogP contribution in [0.4, 0.5) is 5.69 Å². The van der Waals surface area contributed by atoms with Gasteiger partial charge in [-0.2, -0.15) is 4.31 Å². The topological polar surface area (TPSA) is 96.0 Å². The maximum absolute atomic E-state index is 13.6. The van der Waals surface area contributed by atoms with E-state index in [1.165, 1.54) is 9.21 Å². The fourth-order valence-corrected chi connectivity index (χ4v) is 6.13. The summed E-state index contributed by atoms with van der Waals surface area (Å²) in [6.45, 7) is 5.50. The SMILES string of the molecule is CCCS(=O)(=O)N1CC(=O)N(c2ccc(OCC)cc2)C(C)(C(=O)NC2CCCCC2)C1. The number of ether oxygens (including phenoxy) is 1. The van der Waals surface area contributed by atoms with Crippen molar-refractivity contribution in [3.05, 3.63) is 24.3 Å². The first-order valence-corrected chi connectivity index (χ1v) is 13.2. The molecule has 0 bridgehead atoms. The molecule has 1 aromatic carbocycles. The summed E-state index contributed by atoms with van der Waals surface area (Å²) in [4.78, 5) is 28.3. The number of carbonyl (C=O) groups excluding carboxylic acids is 2. The largest absolute Gasteiger partial charge is 0.494 e. The summed E-state index contributed by atoms with van der Waals surface area (Å²) >= 11 is 0. The molecule has 0 spiro atoms. The van der Waals surface area contributed by atoms with E-state index in [0.717, 1.165) is 32.1 Å². The Hall–Kier alpha value is -2.13. The van der Waals surface area contributed by atoms with E-state index in [4.69, 9.17) is 4.74 Å². The number of nitrogens with one attached hydrogen (secondary N) is 1. The van der Waals surface area contributed by atoms with Gasteiger partial charge in [-0.05, 0) is 57.4 Å². The lowest BCUT2D eigenvalue weighted by molar-refractivity contribution is -0.133. The molecule has 1 aromatic rings. The van der Waals surface area contributed by atoms with Crippen LogP contribution in [0, 0.1) is 0 Å². The van der Waals surface area contributed by atoms with Gasteiger partial charge >= 0.3 is 0 Å². The van der Waals surface area contributed by atoms with Gasteiger partial charge < -0.3 is 10.1 Å². The molecule has 1 unspecified atom stereocenters. The van der Waals surface area contributed by atoms with Crippen LogP contribution in [0.3, 0.4) is 0 Å². The molecule has 0 radical (unpaired) electrons. The highest BCUT2D eigenvalue weighted by molar-refractivity contribution is 7.89. The van der Waals surface area contributed by atoms with Crippen molar-refractivity contribution in [2.45, 2.75) is 70.9 Å². The Bertz CT molecular complexity index is 912. The minimum atomic E-state index is -3.64. The normalized spacial score (nSPS) is 23.2. The molecule has 1 saturated carbocycles. The predicted molar refractivity (Wildman–Crippen MR) is 124 cm³/mol. The fraction of sp³-hybridized carbons (Fsp3) is 0.652. The molecule has 0 aromatic heterocycles. The van der Waals surface area contributed by atoms with Gasteiger partial charge in [0.15, 0.2) is 0 Å². The number of carbonyl (C=O) groups is 2. The summed E-state index contributed by atoms with van der Waals surface area (Å²) in [5.41, 5.74) is -0.812. The summed E-state index contributed by atoms with van der Waals surface area (Å²) in [6, 6.07) is 7.04. The lowest BCUT2D eigenvalue weighted by atomic mass is 9.91. The lowest BCUT2D eigenvalue weighted by Gasteiger charge is -2.47. The molecule has 9 heteroatoms. The molecule has 1 N–H and O–H groups in total. The van der Waals surface area contributed by atoms with Crippen LogP contribution in [-0.4, -0.2) is 61.6 Å². The molecule has 3 rings (SSSR count). The van der Waals surface area contributed by atoms with Gasteiger partial charge in [0.25, 0.3) is 0 Å². The van der Waals surface area contributed by atoms with Crippen LogP contribution in [0.15, 0.2) is 24.3 Å². The summed E-state index contributed by atoms with van der Waals surface area (Å²) in [5, 5.41) is 3.11. The Balaban J connectivity index is 1.95. The van der Waals surface area contributed by atoms with Gasteiger partial charge in [0.2, 0.25) is 21.8 Å². The van der Waals surface area contributed by atoms with Gasteiger partial charge in [-0.25, -0.2) is 8.42 Å². The van der Waals surface area contributed by atoms with Crippen molar-refractivity contribution in [3.63, 3.8) is 0 Å². The number of hydrogen-bond acceptors (Lipinski definition) is 5. The predicted octanol–water partition coefficient (Wildman–Crippen LogP) is 2.68. The monoisotopic (exact) mass is 465 g/mol. The maximum Gasteiger partial charge on any atom is 0.247 e. The van der Waals surface area contributed by atoms with Gasteiger partial charge in [0, 0.05) is 18.3 Å². The summed E-state index contributed by atoms with van der Waals surface area (Å²) < 4.78 is 32.3. The van der Waals surface area contributed by atoms with E-state index in [-0.39, 0.29) is 30.8 Å². The first-order valence-electron chi connectivity index (χ1n) is 11.6. The van der Waals surface area contributed by atoms with Gasteiger partial charge in [-0.1, -0.05) is 26.2 Å². The molecule has 2 amide bonds. The van der Waals surface area contributed by atoms with E-state index in [1.807, 2.05) is 6.92 Å².